The van der Waals surface area contributed by atoms with Gasteiger partial charge >= 0.3 is 0 Å². The van der Waals surface area contributed by atoms with Crippen LogP contribution < -0.4 is 0 Å². The third kappa shape index (κ3) is 2.27. The predicted molar refractivity (Wildman–Crippen MR) is 70.3 cm³/mol. The minimum Gasteiger partial charge on any atom is -0.240 e. The summed E-state index contributed by atoms with van der Waals surface area (Å²) < 4.78 is 0.960. The van der Waals surface area contributed by atoms with E-state index in [0.717, 1.165) is 25.7 Å². The Bertz CT molecular complexity index is 424. The van der Waals surface area contributed by atoms with E-state index in [0.29, 0.717) is 0 Å². The maximum atomic E-state index is 5.81. The van der Waals surface area contributed by atoms with Crippen LogP contribution in [-0.2, 0) is 4.43 Å². The molecular formula is C10H7ClINS. The molecule has 0 aliphatic heterocycles. The highest BCUT2D eigenvalue weighted by molar-refractivity contribution is 14.1. The summed E-state index contributed by atoms with van der Waals surface area (Å²) in [5, 5.41) is 3.92. The Balaban J connectivity index is 2.34. The van der Waals surface area contributed by atoms with Crippen LogP contribution in [0.3, 0.4) is 0 Å². The molecule has 0 aliphatic carbocycles. The van der Waals surface area contributed by atoms with Crippen molar-refractivity contribution in [2.24, 2.45) is 0 Å². The van der Waals surface area contributed by atoms with E-state index in [9.17, 15) is 0 Å². The summed E-state index contributed by atoms with van der Waals surface area (Å²) in [6.07, 6.45) is 0. The fourth-order valence-electron chi connectivity index (χ4n) is 1.09. The van der Waals surface area contributed by atoms with Gasteiger partial charge in [0.05, 0.1) is 5.69 Å². The molecular weight excluding hydrogens is 329 g/mol. The van der Waals surface area contributed by atoms with Crippen LogP contribution in [0.25, 0.3) is 10.6 Å². The van der Waals surface area contributed by atoms with Crippen LogP contribution in [-0.4, -0.2) is 4.98 Å². The van der Waals surface area contributed by atoms with Crippen molar-refractivity contribution in [3.8, 4) is 10.6 Å². The van der Waals surface area contributed by atoms with Gasteiger partial charge in [0.2, 0.25) is 0 Å². The van der Waals surface area contributed by atoms with Gasteiger partial charge in [0.25, 0.3) is 0 Å². The largest absolute Gasteiger partial charge is 0.240 e. The molecule has 0 amide bonds. The molecule has 0 aliphatic rings. The molecule has 4 heteroatoms. The number of aromatic nitrogens is 1. The molecule has 0 bridgehead atoms. The molecule has 0 saturated heterocycles. The number of halogens is 2. The second-order valence-corrected chi connectivity index (χ2v) is 4.84. The van der Waals surface area contributed by atoms with Gasteiger partial charge in [-0.15, -0.1) is 11.3 Å². The van der Waals surface area contributed by atoms with Crippen LogP contribution in [0.15, 0.2) is 29.6 Å². The van der Waals surface area contributed by atoms with E-state index < -0.39 is 0 Å². The number of thiazole rings is 1. The number of hydrogen-bond donors (Lipinski definition) is 0. The Morgan fingerprint density at radius 1 is 1.29 bits per heavy atom. The zero-order valence-electron chi connectivity index (χ0n) is 7.21. The maximum Gasteiger partial charge on any atom is 0.123 e. The van der Waals surface area contributed by atoms with Crippen molar-refractivity contribution in [3.63, 3.8) is 0 Å². The first-order chi connectivity index (χ1) is 6.79. The van der Waals surface area contributed by atoms with Crippen molar-refractivity contribution in [1.29, 1.82) is 0 Å². The fraction of sp³-hybridized carbons (Fsp3) is 0.100. The monoisotopic (exact) mass is 335 g/mol. The average Bonchev–Trinajstić information content (AvgIpc) is 2.67. The Morgan fingerprint density at radius 2 is 2.00 bits per heavy atom. The molecule has 0 unspecified atom stereocenters. The number of hydrogen-bond acceptors (Lipinski definition) is 2. The Morgan fingerprint density at radius 3 is 2.57 bits per heavy atom. The molecule has 0 fully saturated rings. The molecule has 0 N–H and O–H groups in total. The summed E-state index contributed by atoms with van der Waals surface area (Å²) >= 11 is 9.80. The van der Waals surface area contributed by atoms with Gasteiger partial charge in [0, 0.05) is 20.4 Å². The topological polar surface area (TPSA) is 12.9 Å². The summed E-state index contributed by atoms with van der Waals surface area (Å²) in [5.74, 6) is 0. The molecule has 0 saturated carbocycles. The van der Waals surface area contributed by atoms with Crippen LogP contribution >= 0.6 is 45.5 Å². The number of nitrogens with zero attached hydrogens (tertiary/aromatic N) is 1. The second-order valence-electron chi connectivity index (χ2n) is 2.78. The van der Waals surface area contributed by atoms with Gasteiger partial charge in [-0.3, -0.25) is 0 Å². The van der Waals surface area contributed by atoms with E-state index in [2.05, 4.69) is 33.0 Å². The van der Waals surface area contributed by atoms with Gasteiger partial charge in [0.1, 0.15) is 5.01 Å². The lowest BCUT2D eigenvalue weighted by Crippen LogP contribution is -1.78. The lowest BCUT2D eigenvalue weighted by atomic mass is 10.2. The first-order valence-electron chi connectivity index (χ1n) is 4.06. The van der Waals surface area contributed by atoms with Crippen LogP contribution in [0, 0.1) is 0 Å². The minimum absolute atomic E-state index is 0.763. The third-order valence-electron chi connectivity index (χ3n) is 1.78. The van der Waals surface area contributed by atoms with Gasteiger partial charge in [-0.05, 0) is 12.1 Å². The molecule has 1 heterocycles. The Labute approximate surface area is 105 Å². The quantitative estimate of drug-likeness (QED) is 0.585. The maximum absolute atomic E-state index is 5.81. The van der Waals surface area contributed by atoms with E-state index in [-0.39, 0.29) is 0 Å². The van der Waals surface area contributed by atoms with Crippen molar-refractivity contribution >= 4 is 45.5 Å². The van der Waals surface area contributed by atoms with Gasteiger partial charge < -0.3 is 0 Å². The first kappa shape index (κ1) is 10.4. The molecule has 1 aromatic carbocycles. The van der Waals surface area contributed by atoms with Crippen LogP contribution in [0.2, 0.25) is 5.02 Å². The van der Waals surface area contributed by atoms with E-state index in [1.54, 1.807) is 11.3 Å². The van der Waals surface area contributed by atoms with Crippen molar-refractivity contribution < 1.29 is 0 Å². The first-order valence-corrected chi connectivity index (χ1v) is 6.84. The average molecular weight is 336 g/mol. The number of benzene rings is 1. The fourth-order valence-corrected chi connectivity index (χ4v) is 2.73. The summed E-state index contributed by atoms with van der Waals surface area (Å²) in [5.41, 5.74) is 2.27. The minimum atomic E-state index is 0.763. The second kappa shape index (κ2) is 4.59. The SMILES string of the molecule is Clc1ccc(-c2nc(CI)cs2)cc1. The lowest BCUT2D eigenvalue weighted by Gasteiger charge is -1.95. The van der Waals surface area contributed by atoms with Gasteiger partial charge in [-0.25, -0.2) is 4.98 Å². The predicted octanol–water partition coefficient (Wildman–Crippen LogP) is 4.40. The molecule has 0 radical (unpaired) electrons. The van der Waals surface area contributed by atoms with Crippen molar-refractivity contribution in [2.75, 3.05) is 0 Å². The third-order valence-corrected chi connectivity index (χ3v) is 3.75. The highest BCUT2D eigenvalue weighted by atomic mass is 127. The van der Waals surface area contributed by atoms with Crippen LogP contribution in [0.1, 0.15) is 5.69 Å². The highest BCUT2D eigenvalue weighted by Gasteiger charge is 2.03. The van der Waals surface area contributed by atoms with Gasteiger partial charge in [-0.1, -0.05) is 46.3 Å². The summed E-state index contributed by atoms with van der Waals surface area (Å²) in [6, 6.07) is 7.78. The highest BCUT2D eigenvalue weighted by Crippen LogP contribution is 2.25. The standard InChI is InChI=1S/C10H7ClINS/c11-8-3-1-7(2-4-8)10-13-9(5-12)6-14-10/h1-4,6H,5H2. The molecule has 1 nitrogen and oxygen atoms in total. The molecule has 14 heavy (non-hydrogen) atoms. The molecule has 2 rings (SSSR count). The van der Waals surface area contributed by atoms with Crippen LogP contribution in [0.5, 0.6) is 0 Å². The zero-order chi connectivity index (χ0) is 9.97. The molecule has 0 atom stereocenters. The summed E-state index contributed by atoms with van der Waals surface area (Å²) in [6.45, 7) is 0. The zero-order valence-corrected chi connectivity index (χ0v) is 10.9. The molecule has 0 spiro atoms. The van der Waals surface area contributed by atoms with Crippen molar-refractivity contribution in [2.45, 2.75) is 4.43 Å². The molecule has 72 valence electrons. The van der Waals surface area contributed by atoms with Crippen molar-refractivity contribution in [1.82, 2.24) is 4.98 Å². The summed E-state index contributed by atoms with van der Waals surface area (Å²) in [7, 11) is 0. The summed E-state index contributed by atoms with van der Waals surface area (Å²) in [4.78, 5) is 4.50. The van der Waals surface area contributed by atoms with Gasteiger partial charge in [0.15, 0.2) is 0 Å². The van der Waals surface area contributed by atoms with E-state index >= 15 is 0 Å². The van der Waals surface area contributed by atoms with Crippen LogP contribution in [0.4, 0.5) is 0 Å². The molecule has 2 aromatic rings. The smallest absolute Gasteiger partial charge is 0.123 e. The normalized spacial score (nSPS) is 10.4. The lowest BCUT2D eigenvalue weighted by molar-refractivity contribution is 1.26. The van der Waals surface area contributed by atoms with Gasteiger partial charge in [-0.2, -0.15) is 0 Å². The van der Waals surface area contributed by atoms with E-state index in [4.69, 9.17) is 11.6 Å². The molecule has 1 aromatic heterocycles. The Kier molecular flexibility index (Phi) is 3.41. The number of rotatable bonds is 2. The van der Waals surface area contributed by atoms with E-state index in [1.165, 1.54) is 0 Å². The number of alkyl halides is 1. The Hall–Kier alpha value is -0.130. The van der Waals surface area contributed by atoms with Crippen molar-refractivity contribution in [3.05, 3.63) is 40.4 Å². The van der Waals surface area contributed by atoms with E-state index in [1.807, 2.05) is 24.3 Å².